The highest BCUT2D eigenvalue weighted by molar-refractivity contribution is 4.80. The van der Waals surface area contributed by atoms with Gasteiger partial charge in [-0.3, -0.25) is 0 Å². The van der Waals surface area contributed by atoms with E-state index in [-0.39, 0.29) is 0 Å². The summed E-state index contributed by atoms with van der Waals surface area (Å²) in [5.41, 5.74) is 0. The summed E-state index contributed by atoms with van der Waals surface area (Å²) in [5, 5.41) is 9.78. The minimum absolute atomic E-state index is 0.932. The molecule has 0 aromatic carbocycles. The van der Waals surface area contributed by atoms with E-state index in [1.165, 1.54) is 107 Å². The maximum Gasteiger partial charge on any atom is 0.296 e. The summed E-state index contributed by atoms with van der Waals surface area (Å²) in [5.74, 6) is 1.04. The van der Waals surface area contributed by atoms with Crippen LogP contribution in [-0.4, -0.2) is 9.94 Å². The van der Waals surface area contributed by atoms with Gasteiger partial charge in [-0.1, -0.05) is 108 Å². The molecule has 0 fully saturated rings. The molecule has 3 nitrogen and oxygen atoms in total. The SMILES string of the molecule is CCCCCCCCCCCCCCCCCCc1n(O)cc[n+]1CC. The largest absolute Gasteiger partial charge is 0.350 e. The Morgan fingerprint density at radius 2 is 1.12 bits per heavy atom. The Labute approximate surface area is 162 Å². The van der Waals surface area contributed by atoms with E-state index in [0.717, 1.165) is 18.8 Å². The summed E-state index contributed by atoms with van der Waals surface area (Å²) >= 11 is 0. The number of nitrogens with zero attached hydrogens (tertiary/aromatic N) is 2. The molecule has 1 rings (SSSR count). The van der Waals surface area contributed by atoms with Gasteiger partial charge in [-0.25, -0.2) is 4.57 Å². The Morgan fingerprint density at radius 3 is 1.54 bits per heavy atom. The second-order valence-electron chi connectivity index (χ2n) is 7.90. The van der Waals surface area contributed by atoms with Crippen LogP contribution in [0.4, 0.5) is 0 Å². The first-order valence-electron chi connectivity index (χ1n) is 11.6. The van der Waals surface area contributed by atoms with Crippen LogP contribution >= 0.6 is 0 Å². The molecule has 3 heteroatoms. The molecule has 1 N–H and O–H groups in total. The van der Waals surface area contributed by atoms with Crippen LogP contribution in [0.2, 0.25) is 0 Å². The second kappa shape index (κ2) is 16.2. The number of hydrogen-bond acceptors (Lipinski definition) is 1. The third kappa shape index (κ3) is 10.9. The predicted molar refractivity (Wildman–Crippen MR) is 111 cm³/mol. The molecule has 0 saturated heterocycles. The molecule has 1 aromatic heterocycles. The number of rotatable bonds is 18. The summed E-state index contributed by atoms with van der Waals surface area (Å²) < 4.78 is 3.42. The molecular weight excluding hydrogens is 320 g/mol. The van der Waals surface area contributed by atoms with Gasteiger partial charge in [-0.05, 0) is 13.3 Å². The van der Waals surface area contributed by atoms with Crippen LogP contribution in [0.5, 0.6) is 0 Å². The standard InChI is InChI=1S/C23H45N2O/c1-3-5-6-7-8-9-10-11-12-13-14-15-16-17-18-19-20-23-24(4-2)21-22-25(23)26/h21-22,26H,3-20H2,1-2H3/q+1. The zero-order valence-corrected chi connectivity index (χ0v) is 17.7. The van der Waals surface area contributed by atoms with Gasteiger partial charge in [-0.15, -0.1) is 0 Å². The first-order valence-corrected chi connectivity index (χ1v) is 11.6. The van der Waals surface area contributed by atoms with Gasteiger partial charge in [0, 0.05) is 0 Å². The molecule has 152 valence electrons. The van der Waals surface area contributed by atoms with Crippen molar-refractivity contribution in [3.8, 4) is 0 Å². The van der Waals surface area contributed by atoms with Crippen LogP contribution in [0.3, 0.4) is 0 Å². The van der Waals surface area contributed by atoms with E-state index in [4.69, 9.17) is 0 Å². The lowest BCUT2D eigenvalue weighted by atomic mass is 10.0. The van der Waals surface area contributed by atoms with E-state index in [0.29, 0.717) is 0 Å². The Bertz CT molecular complexity index is 428. The highest BCUT2D eigenvalue weighted by Gasteiger charge is 2.14. The smallest absolute Gasteiger partial charge is 0.296 e. The Balaban J connectivity index is 1.80. The monoisotopic (exact) mass is 365 g/mol. The normalized spacial score (nSPS) is 11.3. The van der Waals surface area contributed by atoms with E-state index in [1.54, 1.807) is 6.20 Å². The van der Waals surface area contributed by atoms with E-state index < -0.39 is 0 Å². The van der Waals surface area contributed by atoms with Crippen LogP contribution in [0.1, 0.15) is 122 Å². The van der Waals surface area contributed by atoms with Crippen LogP contribution in [0.25, 0.3) is 0 Å². The minimum Gasteiger partial charge on any atom is -0.350 e. The van der Waals surface area contributed by atoms with Gasteiger partial charge in [-0.2, -0.15) is 0 Å². The van der Waals surface area contributed by atoms with E-state index in [2.05, 4.69) is 18.4 Å². The van der Waals surface area contributed by atoms with Crippen molar-refractivity contribution in [2.45, 2.75) is 130 Å². The van der Waals surface area contributed by atoms with Gasteiger partial charge in [0.2, 0.25) is 0 Å². The van der Waals surface area contributed by atoms with Crippen molar-refractivity contribution in [3.05, 3.63) is 18.2 Å². The third-order valence-electron chi connectivity index (χ3n) is 5.58. The molecular formula is C23H45N2O+. The molecule has 26 heavy (non-hydrogen) atoms. The highest BCUT2D eigenvalue weighted by atomic mass is 16.5. The third-order valence-corrected chi connectivity index (χ3v) is 5.58. The molecule has 1 heterocycles. The number of unbranched alkanes of at least 4 members (excludes halogenated alkanes) is 15. The molecule has 0 spiro atoms. The minimum atomic E-state index is 0.932. The fraction of sp³-hybridized carbons (Fsp3) is 0.870. The number of hydrogen-bond donors (Lipinski definition) is 1. The highest BCUT2D eigenvalue weighted by Crippen LogP contribution is 2.14. The van der Waals surface area contributed by atoms with Crippen LogP contribution in [0, 0.1) is 0 Å². The molecule has 0 amide bonds. The maximum atomic E-state index is 9.78. The van der Waals surface area contributed by atoms with Crippen molar-refractivity contribution in [1.82, 2.24) is 4.73 Å². The topological polar surface area (TPSA) is 29.0 Å². The number of aryl methyl sites for hydroxylation is 1. The number of aromatic nitrogens is 2. The molecule has 0 bridgehead atoms. The molecule has 0 unspecified atom stereocenters. The summed E-state index contributed by atoms with van der Waals surface area (Å²) in [7, 11) is 0. The van der Waals surface area contributed by atoms with Crippen LogP contribution in [0.15, 0.2) is 12.4 Å². The predicted octanol–water partition coefficient (Wildman–Crippen LogP) is 6.84. The molecule has 0 aliphatic heterocycles. The van der Waals surface area contributed by atoms with Crippen molar-refractivity contribution in [1.29, 1.82) is 0 Å². The lowest BCUT2D eigenvalue weighted by Crippen LogP contribution is -2.35. The van der Waals surface area contributed by atoms with Gasteiger partial charge in [0.05, 0.1) is 13.0 Å². The summed E-state index contributed by atoms with van der Waals surface area (Å²) in [6.45, 7) is 5.34. The van der Waals surface area contributed by atoms with Crippen LogP contribution in [-0.2, 0) is 13.0 Å². The zero-order chi connectivity index (χ0) is 18.9. The fourth-order valence-corrected chi connectivity index (χ4v) is 3.82. The van der Waals surface area contributed by atoms with Crippen molar-refractivity contribution >= 4 is 0 Å². The molecule has 0 radical (unpaired) electrons. The molecule has 1 aromatic rings. The Hall–Kier alpha value is -0.990. The summed E-state index contributed by atoms with van der Waals surface area (Å²) in [4.78, 5) is 0. The lowest BCUT2D eigenvalue weighted by Gasteiger charge is -2.03. The van der Waals surface area contributed by atoms with Gasteiger partial charge in [0.15, 0.2) is 6.20 Å². The summed E-state index contributed by atoms with van der Waals surface area (Å²) in [6, 6.07) is 0. The average molecular weight is 366 g/mol. The van der Waals surface area contributed by atoms with Crippen molar-refractivity contribution in [2.75, 3.05) is 0 Å². The first kappa shape index (κ1) is 23.0. The van der Waals surface area contributed by atoms with Crippen molar-refractivity contribution in [2.24, 2.45) is 0 Å². The maximum absolute atomic E-state index is 9.78. The fourth-order valence-electron chi connectivity index (χ4n) is 3.82. The molecule has 0 aliphatic carbocycles. The van der Waals surface area contributed by atoms with E-state index >= 15 is 0 Å². The van der Waals surface area contributed by atoms with Crippen LogP contribution < -0.4 is 4.57 Å². The Morgan fingerprint density at radius 1 is 0.692 bits per heavy atom. The average Bonchev–Trinajstić information content (AvgIpc) is 3.01. The Kier molecular flexibility index (Phi) is 14.4. The molecule has 0 aliphatic rings. The number of imidazole rings is 1. The van der Waals surface area contributed by atoms with Crippen molar-refractivity contribution < 1.29 is 9.77 Å². The molecule has 0 atom stereocenters. The van der Waals surface area contributed by atoms with Gasteiger partial charge < -0.3 is 5.21 Å². The van der Waals surface area contributed by atoms with E-state index in [1.807, 2.05) is 6.20 Å². The lowest BCUT2D eigenvalue weighted by molar-refractivity contribution is -0.701. The quantitative estimate of drug-likeness (QED) is 0.172. The molecule has 0 saturated carbocycles. The summed E-state index contributed by atoms with van der Waals surface area (Å²) in [6.07, 6.45) is 27.1. The van der Waals surface area contributed by atoms with E-state index in [9.17, 15) is 5.21 Å². The zero-order valence-electron chi connectivity index (χ0n) is 17.7. The second-order valence-corrected chi connectivity index (χ2v) is 7.90. The van der Waals surface area contributed by atoms with Crippen molar-refractivity contribution in [3.63, 3.8) is 0 Å². The first-order chi connectivity index (χ1) is 12.8. The van der Waals surface area contributed by atoms with Gasteiger partial charge >= 0.3 is 0 Å². The van der Waals surface area contributed by atoms with Gasteiger partial charge in [0.25, 0.3) is 5.82 Å². The van der Waals surface area contributed by atoms with Gasteiger partial charge in [0.1, 0.15) is 6.20 Å².